The monoisotopic (exact) mass is 306 g/mol. The number of nitrogens with zero attached hydrogens (tertiary/aromatic N) is 2. The summed E-state index contributed by atoms with van der Waals surface area (Å²) in [6.07, 6.45) is 2.19. The topological polar surface area (TPSA) is 55.1 Å². The smallest absolute Gasteiger partial charge is 0.303 e. The zero-order valence-electron chi connectivity index (χ0n) is 12.1. The van der Waals surface area contributed by atoms with Gasteiger partial charge in [0.1, 0.15) is 5.69 Å². The number of aryl methyl sites for hydroxylation is 1. The first-order valence-corrected chi connectivity index (χ1v) is 7.23. The quantitative estimate of drug-likeness (QED) is 0.946. The summed E-state index contributed by atoms with van der Waals surface area (Å²) in [5, 5.41) is 13.3. The Kier molecular flexibility index (Phi) is 3.68. The van der Waals surface area contributed by atoms with Crippen molar-refractivity contribution >= 4 is 5.97 Å². The molecule has 2 aromatic rings. The molecular weight excluding hydrogens is 290 g/mol. The Hall–Kier alpha value is -2.24. The number of carbonyl (C=O) groups is 1. The second-order valence-electron chi connectivity index (χ2n) is 5.61. The molecule has 1 aromatic heterocycles. The van der Waals surface area contributed by atoms with Gasteiger partial charge < -0.3 is 5.11 Å². The van der Waals surface area contributed by atoms with E-state index < -0.39 is 17.6 Å². The van der Waals surface area contributed by atoms with E-state index in [0.29, 0.717) is 12.1 Å². The minimum absolute atomic E-state index is 0.0132. The molecule has 1 aliphatic rings. The van der Waals surface area contributed by atoms with E-state index in [1.54, 1.807) is 6.92 Å². The molecule has 116 valence electrons. The predicted octanol–water partition coefficient (Wildman–Crippen LogP) is 3.35. The van der Waals surface area contributed by atoms with Gasteiger partial charge in [0.2, 0.25) is 0 Å². The average molecular weight is 306 g/mol. The van der Waals surface area contributed by atoms with Crippen molar-refractivity contribution in [2.75, 3.05) is 0 Å². The molecule has 3 rings (SSSR count). The van der Waals surface area contributed by atoms with Crippen LogP contribution in [0.1, 0.15) is 42.1 Å². The van der Waals surface area contributed by atoms with Crippen LogP contribution in [0.3, 0.4) is 0 Å². The molecule has 1 atom stereocenters. The van der Waals surface area contributed by atoms with Gasteiger partial charge in [0, 0.05) is 11.3 Å². The van der Waals surface area contributed by atoms with Crippen LogP contribution in [0, 0.1) is 18.6 Å². The highest BCUT2D eigenvalue weighted by Crippen LogP contribution is 2.37. The summed E-state index contributed by atoms with van der Waals surface area (Å²) in [4.78, 5) is 11.0. The molecule has 0 bridgehead atoms. The van der Waals surface area contributed by atoms with Crippen LogP contribution in [0.25, 0.3) is 5.69 Å². The molecule has 0 fully saturated rings. The van der Waals surface area contributed by atoms with Crippen LogP contribution >= 0.6 is 0 Å². The maximum atomic E-state index is 14.0. The van der Waals surface area contributed by atoms with E-state index in [1.807, 2.05) is 0 Å². The van der Waals surface area contributed by atoms with Gasteiger partial charge in [-0.3, -0.25) is 4.79 Å². The maximum absolute atomic E-state index is 14.0. The molecule has 1 N–H and O–H groups in total. The lowest BCUT2D eigenvalue weighted by molar-refractivity contribution is -0.137. The fourth-order valence-corrected chi connectivity index (χ4v) is 3.31. The number of rotatable bonds is 3. The fraction of sp³-hybridized carbons (Fsp3) is 0.375. The number of halogens is 2. The third-order valence-electron chi connectivity index (χ3n) is 4.15. The number of fused-ring (bicyclic) bond motifs is 1. The molecule has 0 amide bonds. The normalized spacial score (nSPS) is 17.3. The van der Waals surface area contributed by atoms with Gasteiger partial charge in [0.25, 0.3) is 0 Å². The van der Waals surface area contributed by atoms with Crippen molar-refractivity contribution in [1.82, 2.24) is 9.78 Å². The Labute approximate surface area is 126 Å². The minimum Gasteiger partial charge on any atom is -0.481 e. The molecular formula is C16H16F2N2O2. The van der Waals surface area contributed by atoms with Crippen molar-refractivity contribution in [3.63, 3.8) is 0 Å². The second-order valence-corrected chi connectivity index (χ2v) is 5.61. The zero-order chi connectivity index (χ0) is 15.9. The molecule has 22 heavy (non-hydrogen) atoms. The van der Waals surface area contributed by atoms with E-state index in [0.717, 1.165) is 24.1 Å². The standard InChI is InChI=1S/C16H16F2N2O2/c1-9-15-10(8-14(21)22)4-2-7-13(15)20(19-9)16-11(17)5-3-6-12(16)18/h3,5-6,10H,2,4,7-8H2,1H3,(H,21,22). The van der Waals surface area contributed by atoms with Crippen LogP contribution in [0.5, 0.6) is 0 Å². The summed E-state index contributed by atoms with van der Waals surface area (Å²) >= 11 is 0. The number of hydrogen-bond donors (Lipinski definition) is 1. The van der Waals surface area contributed by atoms with Crippen LogP contribution in [0.4, 0.5) is 8.78 Å². The summed E-state index contributed by atoms with van der Waals surface area (Å²) in [6.45, 7) is 1.76. The van der Waals surface area contributed by atoms with Crippen molar-refractivity contribution in [2.45, 2.75) is 38.5 Å². The first-order valence-electron chi connectivity index (χ1n) is 7.23. The highest BCUT2D eigenvalue weighted by atomic mass is 19.1. The van der Waals surface area contributed by atoms with Crippen molar-refractivity contribution in [2.24, 2.45) is 0 Å². The van der Waals surface area contributed by atoms with E-state index >= 15 is 0 Å². The van der Waals surface area contributed by atoms with E-state index in [4.69, 9.17) is 5.11 Å². The van der Waals surface area contributed by atoms with Gasteiger partial charge in [0.05, 0.1) is 12.1 Å². The molecule has 1 aliphatic carbocycles. The Morgan fingerprint density at radius 2 is 2.09 bits per heavy atom. The summed E-state index contributed by atoms with van der Waals surface area (Å²) in [5.41, 5.74) is 2.00. The van der Waals surface area contributed by atoms with E-state index in [9.17, 15) is 13.6 Å². The molecule has 1 unspecified atom stereocenters. The lowest BCUT2D eigenvalue weighted by Gasteiger charge is -2.22. The molecule has 0 radical (unpaired) electrons. The Bertz CT molecular complexity index is 720. The Morgan fingerprint density at radius 3 is 2.73 bits per heavy atom. The molecule has 0 spiro atoms. The van der Waals surface area contributed by atoms with Gasteiger partial charge in [-0.15, -0.1) is 0 Å². The van der Waals surface area contributed by atoms with Crippen LogP contribution < -0.4 is 0 Å². The van der Waals surface area contributed by atoms with E-state index in [1.165, 1.54) is 22.9 Å². The third-order valence-corrected chi connectivity index (χ3v) is 4.15. The summed E-state index contributed by atoms with van der Waals surface area (Å²) in [5.74, 6) is -2.37. The first-order chi connectivity index (χ1) is 10.5. The first kappa shape index (κ1) is 14.7. The lowest BCUT2D eigenvalue weighted by Crippen LogP contribution is -2.16. The molecule has 0 saturated heterocycles. The van der Waals surface area contributed by atoms with Gasteiger partial charge in [-0.05, 0) is 44.2 Å². The Balaban J connectivity index is 2.15. The number of aromatic nitrogens is 2. The largest absolute Gasteiger partial charge is 0.481 e. The van der Waals surface area contributed by atoms with Crippen molar-refractivity contribution in [1.29, 1.82) is 0 Å². The molecule has 1 aromatic carbocycles. The fourth-order valence-electron chi connectivity index (χ4n) is 3.31. The molecule has 1 heterocycles. The second kappa shape index (κ2) is 5.51. The SMILES string of the molecule is Cc1nn(-c2c(F)cccc2F)c2c1C(CC(=O)O)CCC2. The number of benzene rings is 1. The number of hydrogen-bond acceptors (Lipinski definition) is 2. The van der Waals surface area contributed by atoms with Crippen molar-refractivity contribution < 1.29 is 18.7 Å². The third kappa shape index (κ3) is 2.38. The number of carboxylic acids is 1. The van der Waals surface area contributed by atoms with Gasteiger partial charge in [-0.2, -0.15) is 5.10 Å². The van der Waals surface area contributed by atoms with Gasteiger partial charge in [0.15, 0.2) is 11.6 Å². The summed E-state index contributed by atoms with van der Waals surface area (Å²) in [7, 11) is 0. The zero-order valence-corrected chi connectivity index (χ0v) is 12.1. The summed E-state index contributed by atoms with van der Waals surface area (Å²) in [6, 6.07) is 3.70. The van der Waals surface area contributed by atoms with E-state index in [2.05, 4.69) is 5.10 Å². The summed E-state index contributed by atoms with van der Waals surface area (Å²) < 4.78 is 29.4. The van der Waals surface area contributed by atoms with Crippen molar-refractivity contribution in [3.8, 4) is 5.69 Å². The van der Waals surface area contributed by atoms with Crippen LogP contribution in [0.2, 0.25) is 0 Å². The minimum atomic E-state index is -0.873. The Morgan fingerprint density at radius 1 is 1.41 bits per heavy atom. The molecule has 6 heteroatoms. The van der Waals surface area contributed by atoms with Crippen LogP contribution in [0.15, 0.2) is 18.2 Å². The highest BCUT2D eigenvalue weighted by Gasteiger charge is 2.30. The molecule has 0 saturated carbocycles. The molecule has 4 nitrogen and oxygen atoms in total. The lowest BCUT2D eigenvalue weighted by atomic mass is 9.83. The maximum Gasteiger partial charge on any atom is 0.303 e. The molecule has 0 aliphatic heterocycles. The van der Waals surface area contributed by atoms with Gasteiger partial charge in [-0.1, -0.05) is 6.07 Å². The van der Waals surface area contributed by atoms with E-state index in [-0.39, 0.29) is 18.0 Å². The number of para-hydroxylation sites is 1. The van der Waals surface area contributed by atoms with Crippen LogP contribution in [-0.2, 0) is 11.2 Å². The van der Waals surface area contributed by atoms with Crippen LogP contribution in [-0.4, -0.2) is 20.9 Å². The highest BCUT2D eigenvalue weighted by molar-refractivity contribution is 5.68. The van der Waals surface area contributed by atoms with Crippen molar-refractivity contribution in [3.05, 3.63) is 46.8 Å². The van der Waals surface area contributed by atoms with Gasteiger partial charge in [-0.25, -0.2) is 13.5 Å². The predicted molar refractivity (Wildman–Crippen MR) is 76.1 cm³/mol. The van der Waals surface area contributed by atoms with Gasteiger partial charge >= 0.3 is 5.97 Å². The number of aliphatic carboxylic acids is 1. The average Bonchev–Trinajstić information content (AvgIpc) is 2.76. The number of carboxylic acid groups (broad SMARTS) is 1.